The van der Waals surface area contributed by atoms with Crippen molar-refractivity contribution in [2.24, 2.45) is 0 Å². The maximum Gasteiger partial charge on any atom is 0.333 e. The zero-order valence-corrected chi connectivity index (χ0v) is 12.9. The number of pyridine rings is 1. The summed E-state index contributed by atoms with van der Waals surface area (Å²) in [5, 5.41) is 2.60. The second kappa shape index (κ2) is 7.83. The molecule has 0 unspecified atom stereocenters. The molecule has 8 heteroatoms. The van der Waals surface area contributed by atoms with Crippen LogP contribution < -0.4 is 20.9 Å². The standard InChI is InChI=1S/C15H18N4O4/c1-3-22-14-11(5-4-7-16-14)9-17-15(21)19-18-13(20)12-6-8-23-10(12)2/h4-8H,3,9H2,1-2H3,(H,18,20)(H2,17,19,21). The van der Waals surface area contributed by atoms with Crippen LogP contribution in [0.4, 0.5) is 4.79 Å². The van der Waals surface area contributed by atoms with Crippen LogP contribution in [0.25, 0.3) is 0 Å². The Morgan fingerprint density at radius 3 is 2.83 bits per heavy atom. The molecule has 0 aliphatic carbocycles. The van der Waals surface area contributed by atoms with Crippen molar-refractivity contribution >= 4 is 11.9 Å². The monoisotopic (exact) mass is 318 g/mol. The third-order valence-electron chi connectivity index (χ3n) is 2.96. The summed E-state index contributed by atoms with van der Waals surface area (Å²) in [5.41, 5.74) is 5.66. The molecule has 2 heterocycles. The molecule has 8 nitrogen and oxygen atoms in total. The van der Waals surface area contributed by atoms with Gasteiger partial charge in [-0.3, -0.25) is 10.2 Å². The minimum Gasteiger partial charge on any atom is -0.478 e. The fourth-order valence-electron chi connectivity index (χ4n) is 1.85. The minimum atomic E-state index is -0.550. The summed E-state index contributed by atoms with van der Waals surface area (Å²) < 4.78 is 10.4. The van der Waals surface area contributed by atoms with Gasteiger partial charge in [0.25, 0.3) is 5.91 Å². The molecule has 2 rings (SSSR count). The van der Waals surface area contributed by atoms with Crippen molar-refractivity contribution in [3.05, 3.63) is 47.5 Å². The van der Waals surface area contributed by atoms with Crippen LogP contribution >= 0.6 is 0 Å². The fourth-order valence-corrected chi connectivity index (χ4v) is 1.85. The van der Waals surface area contributed by atoms with Gasteiger partial charge < -0.3 is 14.5 Å². The lowest BCUT2D eigenvalue weighted by Crippen LogP contribution is -2.46. The normalized spacial score (nSPS) is 10.0. The first-order chi connectivity index (χ1) is 11.1. The molecule has 0 fully saturated rings. The number of hydrogen-bond acceptors (Lipinski definition) is 5. The molecule has 0 aliphatic rings. The molecular weight excluding hydrogens is 300 g/mol. The lowest BCUT2D eigenvalue weighted by atomic mass is 10.2. The van der Waals surface area contributed by atoms with Gasteiger partial charge in [0.05, 0.1) is 18.4 Å². The molecule has 0 aliphatic heterocycles. The van der Waals surface area contributed by atoms with E-state index in [-0.39, 0.29) is 6.54 Å². The Morgan fingerprint density at radius 1 is 1.30 bits per heavy atom. The topological polar surface area (TPSA) is 105 Å². The zero-order valence-electron chi connectivity index (χ0n) is 12.9. The van der Waals surface area contributed by atoms with Gasteiger partial charge in [0.1, 0.15) is 5.76 Å². The van der Waals surface area contributed by atoms with Crippen molar-refractivity contribution in [1.29, 1.82) is 0 Å². The van der Waals surface area contributed by atoms with E-state index in [0.717, 1.165) is 5.56 Å². The number of hydrazine groups is 1. The zero-order chi connectivity index (χ0) is 16.7. The second-order valence-electron chi connectivity index (χ2n) is 4.55. The van der Waals surface area contributed by atoms with Gasteiger partial charge in [0, 0.05) is 18.3 Å². The van der Waals surface area contributed by atoms with Crippen LogP contribution in [0.15, 0.2) is 35.1 Å². The summed E-state index contributed by atoms with van der Waals surface area (Å²) in [4.78, 5) is 27.6. The van der Waals surface area contributed by atoms with Gasteiger partial charge in [0.15, 0.2) is 0 Å². The number of aryl methyl sites for hydroxylation is 1. The highest BCUT2D eigenvalue weighted by atomic mass is 16.5. The van der Waals surface area contributed by atoms with Crippen LogP contribution in [0.1, 0.15) is 28.6 Å². The van der Waals surface area contributed by atoms with E-state index < -0.39 is 11.9 Å². The molecule has 0 spiro atoms. The van der Waals surface area contributed by atoms with Crippen LogP contribution in [-0.4, -0.2) is 23.5 Å². The predicted molar refractivity (Wildman–Crippen MR) is 81.7 cm³/mol. The summed E-state index contributed by atoms with van der Waals surface area (Å²) in [6.07, 6.45) is 3.02. The van der Waals surface area contributed by atoms with E-state index in [1.807, 2.05) is 6.92 Å². The average molecular weight is 318 g/mol. The van der Waals surface area contributed by atoms with Crippen molar-refractivity contribution in [2.45, 2.75) is 20.4 Å². The van der Waals surface area contributed by atoms with E-state index in [4.69, 9.17) is 9.15 Å². The Bertz CT molecular complexity index is 684. The maximum atomic E-state index is 11.8. The summed E-state index contributed by atoms with van der Waals surface area (Å²) in [5.74, 6) is 0.484. The summed E-state index contributed by atoms with van der Waals surface area (Å²) in [7, 11) is 0. The Hall–Kier alpha value is -3.03. The highest BCUT2D eigenvalue weighted by molar-refractivity contribution is 5.95. The third-order valence-corrected chi connectivity index (χ3v) is 2.96. The highest BCUT2D eigenvalue weighted by Crippen LogP contribution is 2.13. The van der Waals surface area contributed by atoms with Crippen molar-refractivity contribution in [1.82, 2.24) is 21.2 Å². The molecular formula is C15H18N4O4. The lowest BCUT2D eigenvalue weighted by Gasteiger charge is -2.11. The number of ether oxygens (including phenoxy) is 1. The average Bonchev–Trinajstić information content (AvgIpc) is 2.98. The molecule has 0 radical (unpaired) electrons. The molecule has 122 valence electrons. The second-order valence-corrected chi connectivity index (χ2v) is 4.55. The molecule has 0 saturated carbocycles. The summed E-state index contributed by atoms with van der Waals surface area (Å²) in [6, 6.07) is 4.52. The van der Waals surface area contributed by atoms with Gasteiger partial charge in [0.2, 0.25) is 5.88 Å². The van der Waals surface area contributed by atoms with Gasteiger partial charge in [-0.15, -0.1) is 0 Å². The Labute approximate surface area is 133 Å². The number of urea groups is 1. The largest absolute Gasteiger partial charge is 0.478 e. The molecule has 0 aromatic carbocycles. The van der Waals surface area contributed by atoms with Crippen molar-refractivity contribution < 1.29 is 18.7 Å². The third kappa shape index (κ3) is 4.47. The molecule has 0 atom stereocenters. The van der Waals surface area contributed by atoms with Gasteiger partial charge >= 0.3 is 6.03 Å². The number of nitrogens with one attached hydrogen (secondary N) is 3. The van der Waals surface area contributed by atoms with Crippen LogP contribution in [-0.2, 0) is 6.54 Å². The molecule has 23 heavy (non-hydrogen) atoms. The Morgan fingerprint density at radius 2 is 2.13 bits per heavy atom. The quantitative estimate of drug-likeness (QED) is 0.725. The molecule has 3 N–H and O–H groups in total. The predicted octanol–water partition coefficient (Wildman–Crippen LogP) is 1.53. The number of carbonyl (C=O) groups is 2. The molecule has 3 amide bonds. The molecule has 0 bridgehead atoms. The van der Waals surface area contributed by atoms with Gasteiger partial charge in [-0.2, -0.15) is 0 Å². The number of amides is 3. The fraction of sp³-hybridized carbons (Fsp3) is 0.267. The number of furan rings is 1. The van der Waals surface area contributed by atoms with E-state index in [2.05, 4.69) is 21.2 Å². The number of hydrogen-bond donors (Lipinski definition) is 3. The van der Waals surface area contributed by atoms with E-state index in [1.54, 1.807) is 25.3 Å². The maximum absolute atomic E-state index is 11.8. The van der Waals surface area contributed by atoms with Crippen molar-refractivity contribution in [2.75, 3.05) is 6.61 Å². The minimum absolute atomic E-state index is 0.218. The number of carbonyl (C=O) groups excluding carboxylic acids is 2. The molecule has 2 aromatic heterocycles. The first-order valence-electron chi connectivity index (χ1n) is 7.06. The van der Waals surface area contributed by atoms with Crippen LogP contribution in [0.2, 0.25) is 0 Å². The van der Waals surface area contributed by atoms with Crippen molar-refractivity contribution in [3.8, 4) is 5.88 Å². The first kappa shape index (κ1) is 16.3. The number of aromatic nitrogens is 1. The molecule has 2 aromatic rings. The number of rotatable bonds is 5. The van der Waals surface area contributed by atoms with Crippen LogP contribution in [0.5, 0.6) is 5.88 Å². The smallest absolute Gasteiger partial charge is 0.333 e. The molecule has 0 saturated heterocycles. The lowest BCUT2D eigenvalue weighted by molar-refractivity contribution is 0.0934. The first-order valence-corrected chi connectivity index (χ1v) is 7.06. The van der Waals surface area contributed by atoms with E-state index in [0.29, 0.717) is 23.8 Å². The summed E-state index contributed by atoms with van der Waals surface area (Å²) >= 11 is 0. The Kier molecular flexibility index (Phi) is 5.56. The SMILES string of the molecule is CCOc1ncccc1CNC(=O)NNC(=O)c1ccoc1C. The van der Waals surface area contributed by atoms with Crippen LogP contribution in [0, 0.1) is 6.92 Å². The number of nitrogens with zero attached hydrogens (tertiary/aromatic N) is 1. The summed E-state index contributed by atoms with van der Waals surface area (Å²) in [6.45, 7) is 4.21. The van der Waals surface area contributed by atoms with E-state index >= 15 is 0 Å². The van der Waals surface area contributed by atoms with Crippen molar-refractivity contribution in [3.63, 3.8) is 0 Å². The Balaban J connectivity index is 1.82. The van der Waals surface area contributed by atoms with E-state index in [9.17, 15) is 9.59 Å². The van der Waals surface area contributed by atoms with E-state index in [1.165, 1.54) is 12.3 Å². The van der Waals surface area contributed by atoms with Gasteiger partial charge in [-0.25, -0.2) is 15.2 Å². The van der Waals surface area contributed by atoms with Gasteiger partial charge in [-0.1, -0.05) is 6.07 Å². The van der Waals surface area contributed by atoms with Gasteiger partial charge in [-0.05, 0) is 26.0 Å². The van der Waals surface area contributed by atoms with Crippen LogP contribution in [0.3, 0.4) is 0 Å². The highest BCUT2D eigenvalue weighted by Gasteiger charge is 2.12.